The third kappa shape index (κ3) is 3.84. The molecule has 1 heterocycles. The van der Waals surface area contributed by atoms with Crippen LogP contribution in [0.4, 0.5) is 0 Å². The lowest BCUT2D eigenvalue weighted by Crippen LogP contribution is -2.42. The summed E-state index contributed by atoms with van der Waals surface area (Å²) in [6.07, 6.45) is 1.51. The number of carbonyl (C=O) groups excluding carboxylic acids is 2. The summed E-state index contributed by atoms with van der Waals surface area (Å²) in [7, 11) is 0. The van der Waals surface area contributed by atoms with Gasteiger partial charge in [-0.1, -0.05) is 24.3 Å². The van der Waals surface area contributed by atoms with Gasteiger partial charge in [0.15, 0.2) is 0 Å². The summed E-state index contributed by atoms with van der Waals surface area (Å²) >= 11 is 0. The van der Waals surface area contributed by atoms with Crippen molar-refractivity contribution in [1.29, 1.82) is 0 Å². The van der Waals surface area contributed by atoms with Gasteiger partial charge in [0, 0.05) is 25.9 Å². The average Bonchev–Trinajstić information content (AvgIpc) is 2.47. The van der Waals surface area contributed by atoms with Gasteiger partial charge in [-0.25, -0.2) is 0 Å². The fraction of sp³-hybridized carbons (Fsp3) is 0.529. The molecular formula is C17H24N2O2. The van der Waals surface area contributed by atoms with Gasteiger partial charge in [0.25, 0.3) is 0 Å². The van der Waals surface area contributed by atoms with Crippen molar-refractivity contribution in [3.05, 3.63) is 35.4 Å². The van der Waals surface area contributed by atoms with Crippen molar-refractivity contribution in [2.45, 2.75) is 39.7 Å². The molecule has 2 amide bonds. The molecule has 0 aromatic heterocycles. The zero-order valence-corrected chi connectivity index (χ0v) is 13.1. The first-order valence-corrected chi connectivity index (χ1v) is 7.60. The molecular weight excluding hydrogens is 264 g/mol. The van der Waals surface area contributed by atoms with E-state index in [0.29, 0.717) is 13.1 Å². The highest BCUT2D eigenvalue weighted by Crippen LogP contribution is 2.21. The molecule has 1 atom stereocenters. The van der Waals surface area contributed by atoms with Crippen LogP contribution in [0, 0.1) is 12.8 Å². The number of carbonyl (C=O) groups is 2. The fourth-order valence-corrected chi connectivity index (χ4v) is 2.94. The highest BCUT2D eigenvalue weighted by Gasteiger charge is 2.26. The van der Waals surface area contributed by atoms with E-state index in [0.717, 1.165) is 18.4 Å². The van der Waals surface area contributed by atoms with Crippen LogP contribution in [0.2, 0.25) is 0 Å². The Hall–Kier alpha value is -1.84. The van der Waals surface area contributed by atoms with Crippen LogP contribution in [-0.4, -0.2) is 29.8 Å². The van der Waals surface area contributed by atoms with E-state index in [2.05, 4.69) is 24.4 Å². The first-order valence-electron chi connectivity index (χ1n) is 7.60. The molecule has 1 unspecified atom stereocenters. The first kappa shape index (κ1) is 15.5. The molecule has 0 saturated carbocycles. The summed E-state index contributed by atoms with van der Waals surface area (Å²) < 4.78 is 0. The third-order valence-corrected chi connectivity index (χ3v) is 4.32. The highest BCUT2D eigenvalue weighted by molar-refractivity contribution is 5.80. The Morgan fingerprint density at radius 1 is 1.24 bits per heavy atom. The maximum absolute atomic E-state index is 12.4. The first-order chi connectivity index (χ1) is 9.99. The number of hydrogen-bond acceptors (Lipinski definition) is 2. The summed E-state index contributed by atoms with van der Waals surface area (Å²) in [4.78, 5) is 25.5. The van der Waals surface area contributed by atoms with Gasteiger partial charge in [-0.15, -0.1) is 0 Å². The minimum Gasteiger partial charge on any atom is -0.349 e. The molecule has 0 radical (unpaired) electrons. The highest BCUT2D eigenvalue weighted by atomic mass is 16.2. The number of hydrogen-bond donors (Lipinski definition) is 1. The zero-order chi connectivity index (χ0) is 15.4. The second-order valence-corrected chi connectivity index (χ2v) is 5.87. The molecule has 1 aromatic carbocycles. The molecule has 0 spiro atoms. The fourth-order valence-electron chi connectivity index (χ4n) is 2.94. The van der Waals surface area contributed by atoms with E-state index < -0.39 is 0 Å². The van der Waals surface area contributed by atoms with Gasteiger partial charge in [0.05, 0.1) is 6.04 Å². The number of likely N-dealkylation sites (tertiary alicyclic amines) is 1. The van der Waals surface area contributed by atoms with Crippen LogP contribution < -0.4 is 5.32 Å². The van der Waals surface area contributed by atoms with Gasteiger partial charge in [0.1, 0.15) is 0 Å². The summed E-state index contributed by atoms with van der Waals surface area (Å²) in [6.45, 7) is 7.03. The van der Waals surface area contributed by atoms with Gasteiger partial charge in [-0.3, -0.25) is 9.59 Å². The minimum atomic E-state index is 0.0181. The zero-order valence-electron chi connectivity index (χ0n) is 13.1. The molecule has 1 aliphatic heterocycles. The van der Waals surface area contributed by atoms with E-state index in [1.807, 2.05) is 24.0 Å². The van der Waals surface area contributed by atoms with E-state index in [-0.39, 0.29) is 23.8 Å². The maximum atomic E-state index is 12.4. The van der Waals surface area contributed by atoms with Crippen molar-refractivity contribution in [3.8, 4) is 0 Å². The number of aryl methyl sites for hydroxylation is 1. The number of nitrogens with one attached hydrogen (secondary N) is 1. The number of rotatable bonds is 3. The van der Waals surface area contributed by atoms with Crippen LogP contribution in [0.1, 0.15) is 43.9 Å². The molecule has 21 heavy (non-hydrogen) atoms. The lowest BCUT2D eigenvalue weighted by atomic mass is 9.94. The van der Waals surface area contributed by atoms with Crippen molar-refractivity contribution < 1.29 is 9.59 Å². The number of benzene rings is 1. The summed E-state index contributed by atoms with van der Waals surface area (Å²) in [6, 6.07) is 8.13. The molecule has 4 nitrogen and oxygen atoms in total. The van der Waals surface area contributed by atoms with Crippen LogP contribution in [0.5, 0.6) is 0 Å². The average molecular weight is 288 g/mol. The standard InChI is InChI=1S/C17H24N2O2/c1-12-6-4-5-7-16(12)13(2)18-17(21)15-8-10-19(11-9-15)14(3)20/h4-7,13,15H,8-11H2,1-3H3,(H,18,21). The second-order valence-electron chi connectivity index (χ2n) is 5.87. The third-order valence-electron chi connectivity index (χ3n) is 4.32. The summed E-state index contributed by atoms with van der Waals surface area (Å²) in [5.41, 5.74) is 2.35. The molecule has 2 rings (SSSR count). The molecule has 114 valence electrons. The van der Waals surface area contributed by atoms with Crippen molar-refractivity contribution in [2.24, 2.45) is 5.92 Å². The lowest BCUT2D eigenvalue weighted by Gasteiger charge is -2.31. The van der Waals surface area contributed by atoms with E-state index >= 15 is 0 Å². The molecule has 0 aliphatic carbocycles. The van der Waals surface area contributed by atoms with Crippen LogP contribution in [0.3, 0.4) is 0 Å². The number of nitrogens with zero attached hydrogens (tertiary/aromatic N) is 1. The Bertz CT molecular complexity index is 519. The van der Waals surface area contributed by atoms with Gasteiger partial charge >= 0.3 is 0 Å². The second kappa shape index (κ2) is 6.74. The smallest absolute Gasteiger partial charge is 0.223 e. The molecule has 1 aliphatic rings. The van der Waals surface area contributed by atoms with E-state index in [1.165, 1.54) is 5.56 Å². The predicted octanol–water partition coefficient (Wildman–Crippen LogP) is 2.43. The number of piperidine rings is 1. The topological polar surface area (TPSA) is 49.4 Å². The van der Waals surface area contributed by atoms with Crippen molar-refractivity contribution in [3.63, 3.8) is 0 Å². The van der Waals surface area contributed by atoms with Gasteiger partial charge < -0.3 is 10.2 Å². The number of amides is 2. The largest absolute Gasteiger partial charge is 0.349 e. The molecule has 4 heteroatoms. The predicted molar refractivity (Wildman–Crippen MR) is 82.7 cm³/mol. The molecule has 1 aromatic rings. The van der Waals surface area contributed by atoms with Gasteiger partial charge in [-0.05, 0) is 37.8 Å². The van der Waals surface area contributed by atoms with Gasteiger partial charge in [0.2, 0.25) is 11.8 Å². The van der Waals surface area contributed by atoms with Crippen molar-refractivity contribution >= 4 is 11.8 Å². The van der Waals surface area contributed by atoms with Crippen molar-refractivity contribution in [1.82, 2.24) is 10.2 Å². The van der Waals surface area contributed by atoms with Crippen LogP contribution in [-0.2, 0) is 9.59 Å². The molecule has 1 fully saturated rings. The van der Waals surface area contributed by atoms with E-state index in [4.69, 9.17) is 0 Å². The maximum Gasteiger partial charge on any atom is 0.223 e. The van der Waals surface area contributed by atoms with E-state index in [9.17, 15) is 9.59 Å². The monoisotopic (exact) mass is 288 g/mol. The minimum absolute atomic E-state index is 0.0181. The van der Waals surface area contributed by atoms with Gasteiger partial charge in [-0.2, -0.15) is 0 Å². The normalized spacial score (nSPS) is 17.4. The molecule has 0 bridgehead atoms. The Labute approximate surface area is 126 Å². The van der Waals surface area contributed by atoms with Crippen LogP contribution in [0.25, 0.3) is 0 Å². The Balaban J connectivity index is 1.90. The molecule has 1 saturated heterocycles. The SMILES string of the molecule is CC(=O)N1CCC(C(=O)NC(C)c2ccccc2C)CC1. The quantitative estimate of drug-likeness (QED) is 0.928. The van der Waals surface area contributed by atoms with Crippen LogP contribution >= 0.6 is 0 Å². The Morgan fingerprint density at radius 2 is 1.86 bits per heavy atom. The van der Waals surface area contributed by atoms with E-state index in [1.54, 1.807) is 6.92 Å². The summed E-state index contributed by atoms with van der Waals surface area (Å²) in [5.74, 6) is 0.225. The van der Waals surface area contributed by atoms with Crippen LogP contribution in [0.15, 0.2) is 24.3 Å². The summed E-state index contributed by atoms with van der Waals surface area (Å²) in [5, 5.41) is 3.11. The lowest BCUT2D eigenvalue weighted by molar-refractivity contribution is -0.134. The Morgan fingerprint density at radius 3 is 2.43 bits per heavy atom. The van der Waals surface area contributed by atoms with Crippen molar-refractivity contribution in [2.75, 3.05) is 13.1 Å². The molecule has 1 N–H and O–H groups in total. The Kier molecular flexibility index (Phi) is 4.99.